The fourth-order valence-corrected chi connectivity index (χ4v) is 4.21. The summed E-state index contributed by atoms with van der Waals surface area (Å²) in [5.41, 5.74) is 0.433. The van der Waals surface area contributed by atoms with Crippen molar-refractivity contribution in [2.75, 3.05) is 26.2 Å². The summed E-state index contributed by atoms with van der Waals surface area (Å²) in [6.07, 6.45) is 3.55. The van der Waals surface area contributed by atoms with Crippen molar-refractivity contribution in [3.8, 4) is 0 Å². The van der Waals surface area contributed by atoms with E-state index in [2.05, 4.69) is 0 Å². The predicted molar refractivity (Wildman–Crippen MR) is 80.7 cm³/mol. The molecule has 0 N–H and O–H groups in total. The first kappa shape index (κ1) is 16.0. The molecule has 2 heterocycles. The minimum absolute atomic E-state index is 0.0870. The zero-order valence-corrected chi connectivity index (χ0v) is 13.7. The van der Waals surface area contributed by atoms with Crippen molar-refractivity contribution >= 4 is 15.9 Å². The first-order valence-corrected chi connectivity index (χ1v) is 8.81. The molecule has 0 unspecified atom stereocenters. The van der Waals surface area contributed by atoms with Gasteiger partial charge in [-0.1, -0.05) is 13.8 Å². The molecule has 1 aromatic heterocycles. The molecular formula is C14H23N3O3S. The van der Waals surface area contributed by atoms with Crippen molar-refractivity contribution in [1.29, 1.82) is 0 Å². The molecule has 21 heavy (non-hydrogen) atoms. The lowest BCUT2D eigenvalue weighted by molar-refractivity contribution is 0.0783. The zero-order chi connectivity index (χ0) is 15.6. The van der Waals surface area contributed by atoms with Crippen molar-refractivity contribution in [2.45, 2.75) is 31.6 Å². The van der Waals surface area contributed by atoms with Crippen LogP contribution in [0.4, 0.5) is 0 Å². The van der Waals surface area contributed by atoms with E-state index < -0.39 is 10.0 Å². The van der Waals surface area contributed by atoms with Gasteiger partial charge in [-0.15, -0.1) is 0 Å². The Kier molecular flexibility index (Phi) is 4.73. The Labute approximate surface area is 126 Å². The van der Waals surface area contributed by atoms with Gasteiger partial charge in [0, 0.05) is 39.4 Å². The van der Waals surface area contributed by atoms with Crippen molar-refractivity contribution in [1.82, 2.24) is 13.8 Å². The highest BCUT2D eigenvalue weighted by atomic mass is 32.2. The van der Waals surface area contributed by atoms with Gasteiger partial charge in [0.25, 0.3) is 5.91 Å². The molecule has 2 rings (SSSR count). The highest BCUT2D eigenvalue weighted by Gasteiger charge is 2.27. The summed E-state index contributed by atoms with van der Waals surface area (Å²) in [5, 5.41) is 0. The number of likely N-dealkylation sites (tertiary alicyclic amines) is 1. The summed E-state index contributed by atoms with van der Waals surface area (Å²) >= 11 is 0. The molecule has 1 fully saturated rings. The summed E-state index contributed by atoms with van der Waals surface area (Å²) in [4.78, 5) is 14.4. The van der Waals surface area contributed by atoms with Gasteiger partial charge in [-0.05, 0) is 18.9 Å². The summed E-state index contributed by atoms with van der Waals surface area (Å²) < 4.78 is 28.0. The highest BCUT2D eigenvalue weighted by molar-refractivity contribution is 7.89. The lowest BCUT2D eigenvalue weighted by Crippen LogP contribution is -2.30. The molecular weight excluding hydrogens is 290 g/mol. The van der Waals surface area contributed by atoms with E-state index in [-0.39, 0.29) is 10.8 Å². The van der Waals surface area contributed by atoms with E-state index in [1.54, 1.807) is 30.4 Å². The van der Waals surface area contributed by atoms with Gasteiger partial charge in [-0.25, -0.2) is 8.42 Å². The first-order chi connectivity index (χ1) is 9.91. The smallest absolute Gasteiger partial charge is 0.270 e. The highest BCUT2D eigenvalue weighted by Crippen LogP contribution is 2.20. The SMILES string of the molecule is CCN(CC)S(=O)(=O)c1cc(C(=O)N2CCCC2)n(C)c1. The Morgan fingerprint density at radius 3 is 2.33 bits per heavy atom. The van der Waals surface area contributed by atoms with Gasteiger partial charge < -0.3 is 9.47 Å². The van der Waals surface area contributed by atoms with Crippen LogP contribution in [0, 0.1) is 0 Å². The largest absolute Gasteiger partial charge is 0.345 e. The fraction of sp³-hybridized carbons (Fsp3) is 0.643. The number of aromatic nitrogens is 1. The van der Waals surface area contributed by atoms with Gasteiger partial charge >= 0.3 is 0 Å². The molecule has 1 aliphatic rings. The molecule has 0 radical (unpaired) electrons. The van der Waals surface area contributed by atoms with Crippen LogP contribution in [0.3, 0.4) is 0 Å². The van der Waals surface area contributed by atoms with E-state index in [0.717, 1.165) is 25.9 Å². The molecule has 6 nitrogen and oxygen atoms in total. The minimum Gasteiger partial charge on any atom is -0.345 e. The number of aryl methyl sites for hydroxylation is 1. The van der Waals surface area contributed by atoms with Crippen LogP contribution in [0.5, 0.6) is 0 Å². The number of carbonyl (C=O) groups is 1. The van der Waals surface area contributed by atoms with Crippen molar-refractivity contribution < 1.29 is 13.2 Å². The number of hydrogen-bond donors (Lipinski definition) is 0. The predicted octanol–water partition coefficient (Wildman–Crippen LogP) is 1.29. The molecule has 0 saturated carbocycles. The van der Waals surface area contributed by atoms with E-state index in [1.165, 1.54) is 16.6 Å². The van der Waals surface area contributed by atoms with E-state index in [1.807, 2.05) is 0 Å². The van der Waals surface area contributed by atoms with Crippen molar-refractivity contribution in [2.24, 2.45) is 7.05 Å². The average Bonchev–Trinajstić information content (AvgIpc) is 3.08. The number of nitrogens with zero attached hydrogens (tertiary/aromatic N) is 3. The third kappa shape index (κ3) is 2.98. The number of amides is 1. The van der Waals surface area contributed by atoms with E-state index in [4.69, 9.17) is 0 Å². The number of sulfonamides is 1. The maximum atomic E-state index is 12.5. The number of rotatable bonds is 5. The molecule has 0 bridgehead atoms. The Bertz CT molecular complexity index is 611. The van der Waals surface area contributed by atoms with Crippen LogP contribution in [-0.2, 0) is 17.1 Å². The second kappa shape index (κ2) is 6.19. The summed E-state index contributed by atoms with van der Waals surface area (Å²) in [7, 11) is -1.81. The summed E-state index contributed by atoms with van der Waals surface area (Å²) in [5.74, 6) is -0.0870. The number of hydrogen-bond acceptors (Lipinski definition) is 3. The summed E-state index contributed by atoms with van der Waals surface area (Å²) in [6.45, 7) is 5.96. The van der Waals surface area contributed by atoms with Crippen LogP contribution in [-0.4, -0.2) is 54.3 Å². The monoisotopic (exact) mass is 313 g/mol. The van der Waals surface area contributed by atoms with Crippen LogP contribution in [0.2, 0.25) is 0 Å². The Balaban J connectivity index is 2.32. The van der Waals surface area contributed by atoms with Crippen LogP contribution in [0.25, 0.3) is 0 Å². The molecule has 1 saturated heterocycles. The van der Waals surface area contributed by atoms with Gasteiger partial charge in [0.15, 0.2) is 0 Å². The lowest BCUT2D eigenvalue weighted by Gasteiger charge is -2.17. The molecule has 0 atom stereocenters. The van der Waals surface area contributed by atoms with Crippen LogP contribution in [0.1, 0.15) is 37.2 Å². The Hall–Kier alpha value is -1.34. The van der Waals surface area contributed by atoms with Crippen LogP contribution < -0.4 is 0 Å². The van der Waals surface area contributed by atoms with E-state index in [0.29, 0.717) is 18.8 Å². The number of carbonyl (C=O) groups excluding carboxylic acids is 1. The molecule has 1 aromatic rings. The van der Waals surface area contributed by atoms with Gasteiger partial charge in [0.05, 0.1) is 0 Å². The standard InChI is InChI=1S/C14H23N3O3S/c1-4-17(5-2)21(19,20)12-10-13(15(3)11-12)14(18)16-8-6-7-9-16/h10-11H,4-9H2,1-3H3. The fourth-order valence-electron chi connectivity index (χ4n) is 2.68. The second-order valence-electron chi connectivity index (χ2n) is 5.26. The summed E-state index contributed by atoms with van der Waals surface area (Å²) in [6, 6.07) is 1.49. The average molecular weight is 313 g/mol. The quantitative estimate of drug-likeness (QED) is 0.823. The normalized spacial score (nSPS) is 15.9. The van der Waals surface area contributed by atoms with Gasteiger partial charge in [-0.2, -0.15) is 4.31 Å². The second-order valence-corrected chi connectivity index (χ2v) is 7.20. The van der Waals surface area contributed by atoms with Crippen molar-refractivity contribution in [3.63, 3.8) is 0 Å². The maximum Gasteiger partial charge on any atom is 0.270 e. The maximum absolute atomic E-state index is 12.5. The molecule has 0 aliphatic carbocycles. The lowest BCUT2D eigenvalue weighted by atomic mass is 10.3. The van der Waals surface area contributed by atoms with Gasteiger partial charge in [0.1, 0.15) is 10.6 Å². The van der Waals surface area contributed by atoms with Crippen LogP contribution >= 0.6 is 0 Å². The molecule has 118 valence electrons. The zero-order valence-electron chi connectivity index (χ0n) is 12.9. The molecule has 1 amide bonds. The molecule has 1 aliphatic heterocycles. The van der Waals surface area contributed by atoms with E-state index in [9.17, 15) is 13.2 Å². The van der Waals surface area contributed by atoms with Gasteiger partial charge in [0.2, 0.25) is 10.0 Å². The third-order valence-electron chi connectivity index (χ3n) is 3.94. The molecule has 7 heteroatoms. The first-order valence-electron chi connectivity index (χ1n) is 7.37. The Morgan fingerprint density at radius 2 is 1.81 bits per heavy atom. The minimum atomic E-state index is -3.52. The van der Waals surface area contributed by atoms with Crippen LogP contribution in [0.15, 0.2) is 17.2 Å². The molecule has 0 aromatic carbocycles. The van der Waals surface area contributed by atoms with Gasteiger partial charge in [-0.3, -0.25) is 4.79 Å². The topological polar surface area (TPSA) is 62.6 Å². The third-order valence-corrected chi connectivity index (χ3v) is 5.95. The molecule has 0 spiro atoms. The Morgan fingerprint density at radius 1 is 1.24 bits per heavy atom. The van der Waals surface area contributed by atoms with Crippen molar-refractivity contribution in [3.05, 3.63) is 18.0 Å². The van der Waals surface area contributed by atoms with E-state index >= 15 is 0 Å².